The third-order valence-corrected chi connectivity index (χ3v) is 2.29. The highest BCUT2D eigenvalue weighted by atomic mass is 16.1. The van der Waals surface area contributed by atoms with Crippen LogP contribution < -0.4 is 10.6 Å². The molecule has 1 aromatic rings. The van der Waals surface area contributed by atoms with Gasteiger partial charge < -0.3 is 10.6 Å². The number of amides is 1. The van der Waals surface area contributed by atoms with Gasteiger partial charge in [-0.2, -0.15) is 0 Å². The van der Waals surface area contributed by atoms with Crippen molar-refractivity contribution in [3.63, 3.8) is 0 Å². The van der Waals surface area contributed by atoms with Crippen molar-refractivity contribution in [2.24, 2.45) is 0 Å². The molecule has 4 heteroatoms. The van der Waals surface area contributed by atoms with Gasteiger partial charge in [0.1, 0.15) is 5.82 Å². The van der Waals surface area contributed by atoms with Crippen molar-refractivity contribution < 1.29 is 4.79 Å². The Bertz CT molecular complexity index is 363. The molecule has 0 spiro atoms. The first-order valence-electron chi connectivity index (χ1n) is 5.62. The van der Waals surface area contributed by atoms with Crippen LogP contribution in [0.4, 0.5) is 5.82 Å². The van der Waals surface area contributed by atoms with Crippen molar-refractivity contribution in [1.29, 1.82) is 0 Å². The van der Waals surface area contributed by atoms with E-state index in [1.54, 1.807) is 19.2 Å². The predicted octanol–water partition coefficient (Wildman–Crippen LogP) is 1.96. The van der Waals surface area contributed by atoms with Gasteiger partial charge in [0.05, 0.1) is 0 Å². The molecule has 0 aliphatic carbocycles. The third kappa shape index (κ3) is 3.53. The van der Waals surface area contributed by atoms with E-state index in [0.29, 0.717) is 5.56 Å². The Morgan fingerprint density at radius 3 is 2.81 bits per heavy atom. The molecule has 0 radical (unpaired) electrons. The number of carbonyl (C=O) groups excluding carboxylic acids is 1. The van der Waals surface area contributed by atoms with E-state index in [4.69, 9.17) is 0 Å². The first kappa shape index (κ1) is 12.5. The summed E-state index contributed by atoms with van der Waals surface area (Å²) in [6.45, 7) is 4.71. The van der Waals surface area contributed by atoms with E-state index in [-0.39, 0.29) is 5.91 Å². The fourth-order valence-electron chi connectivity index (χ4n) is 1.41. The van der Waals surface area contributed by atoms with Gasteiger partial charge in [0.15, 0.2) is 0 Å². The molecular weight excluding hydrogens is 202 g/mol. The number of nitrogens with zero attached hydrogens (tertiary/aromatic N) is 1. The van der Waals surface area contributed by atoms with E-state index in [1.807, 2.05) is 6.92 Å². The zero-order valence-electron chi connectivity index (χ0n) is 10.1. The Hall–Kier alpha value is -1.58. The van der Waals surface area contributed by atoms with Crippen molar-refractivity contribution in [3.05, 3.63) is 23.4 Å². The molecule has 0 aliphatic rings. The van der Waals surface area contributed by atoms with Crippen molar-refractivity contribution in [2.45, 2.75) is 26.7 Å². The van der Waals surface area contributed by atoms with Crippen molar-refractivity contribution in [3.8, 4) is 0 Å². The smallest absolute Gasteiger partial charge is 0.251 e. The zero-order chi connectivity index (χ0) is 12.0. The lowest BCUT2D eigenvalue weighted by Gasteiger charge is -2.07. The van der Waals surface area contributed by atoms with Crippen LogP contribution in [0.3, 0.4) is 0 Å². The van der Waals surface area contributed by atoms with Crippen LogP contribution >= 0.6 is 0 Å². The minimum atomic E-state index is -0.0320. The zero-order valence-corrected chi connectivity index (χ0v) is 10.1. The average molecular weight is 221 g/mol. The number of nitrogens with one attached hydrogen (secondary N) is 2. The lowest BCUT2D eigenvalue weighted by atomic mass is 10.2. The molecule has 0 saturated carbocycles. The van der Waals surface area contributed by atoms with Gasteiger partial charge in [0.25, 0.3) is 5.91 Å². The summed E-state index contributed by atoms with van der Waals surface area (Å²) in [5.74, 6) is 0.691. The molecule has 2 N–H and O–H groups in total. The van der Waals surface area contributed by atoms with Crippen LogP contribution in [-0.2, 0) is 0 Å². The van der Waals surface area contributed by atoms with Crippen molar-refractivity contribution in [1.82, 2.24) is 10.3 Å². The number of pyridine rings is 1. The second-order valence-corrected chi connectivity index (χ2v) is 3.74. The van der Waals surface area contributed by atoms with E-state index >= 15 is 0 Å². The summed E-state index contributed by atoms with van der Waals surface area (Å²) in [6.07, 6.45) is 2.09. The number of aryl methyl sites for hydroxylation is 1. The molecular formula is C12H19N3O. The maximum absolute atomic E-state index is 11.8. The molecule has 1 amide bonds. The Balaban J connectivity index is 2.71. The number of anilines is 1. The van der Waals surface area contributed by atoms with E-state index < -0.39 is 0 Å². The molecule has 4 nitrogen and oxygen atoms in total. The monoisotopic (exact) mass is 221 g/mol. The second kappa shape index (κ2) is 6.10. The molecule has 1 aromatic heterocycles. The van der Waals surface area contributed by atoms with Crippen molar-refractivity contribution in [2.75, 3.05) is 18.9 Å². The molecule has 0 atom stereocenters. The molecule has 0 bridgehead atoms. The normalized spacial score (nSPS) is 9.94. The van der Waals surface area contributed by atoms with Gasteiger partial charge in [-0.3, -0.25) is 4.79 Å². The summed E-state index contributed by atoms with van der Waals surface area (Å²) >= 11 is 0. The summed E-state index contributed by atoms with van der Waals surface area (Å²) in [5, 5.41) is 5.82. The maximum Gasteiger partial charge on any atom is 0.251 e. The number of aromatic nitrogens is 1. The standard InChI is InChI=1S/C12H19N3O/c1-4-5-6-14-12(16)10-7-9(2)15-11(8-10)13-3/h7-8H,4-6H2,1-3H3,(H,13,15)(H,14,16). The number of unbranched alkanes of at least 4 members (excludes halogenated alkanes) is 1. The summed E-state index contributed by atoms with van der Waals surface area (Å²) in [6, 6.07) is 3.55. The number of rotatable bonds is 5. The Morgan fingerprint density at radius 1 is 1.44 bits per heavy atom. The molecule has 1 rings (SSSR count). The van der Waals surface area contributed by atoms with Gasteiger partial charge in [-0.1, -0.05) is 13.3 Å². The number of carbonyl (C=O) groups is 1. The summed E-state index contributed by atoms with van der Waals surface area (Å²) in [5.41, 5.74) is 1.50. The highest BCUT2D eigenvalue weighted by Crippen LogP contribution is 2.09. The fourth-order valence-corrected chi connectivity index (χ4v) is 1.41. The Labute approximate surface area is 96.5 Å². The Morgan fingerprint density at radius 2 is 2.19 bits per heavy atom. The van der Waals surface area contributed by atoms with E-state index in [1.165, 1.54) is 0 Å². The predicted molar refractivity (Wildman–Crippen MR) is 65.8 cm³/mol. The Kier molecular flexibility index (Phi) is 4.76. The molecule has 0 aromatic carbocycles. The van der Waals surface area contributed by atoms with Gasteiger partial charge >= 0.3 is 0 Å². The van der Waals surface area contributed by atoms with Gasteiger partial charge in [-0.25, -0.2) is 4.98 Å². The topological polar surface area (TPSA) is 54.0 Å². The van der Waals surface area contributed by atoms with Gasteiger partial charge in [0.2, 0.25) is 0 Å². The second-order valence-electron chi connectivity index (χ2n) is 3.74. The van der Waals surface area contributed by atoms with E-state index in [2.05, 4.69) is 22.5 Å². The van der Waals surface area contributed by atoms with Crippen molar-refractivity contribution >= 4 is 11.7 Å². The molecule has 0 unspecified atom stereocenters. The van der Waals surface area contributed by atoms with E-state index in [0.717, 1.165) is 30.9 Å². The highest BCUT2D eigenvalue weighted by Gasteiger charge is 2.07. The first-order valence-corrected chi connectivity index (χ1v) is 5.62. The van der Waals surface area contributed by atoms with Crippen LogP contribution in [0.25, 0.3) is 0 Å². The van der Waals surface area contributed by atoms with Crippen LogP contribution in [0.1, 0.15) is 35.8 Å². The summed E-state index contributed by atoms with van der Waals surface area (Å²) < 4.78 is 0. The first-order chi connectivity index (χ1) is 7.67. The molecule has 0 fully saturated rings. The number of hydrogen-bond acceptors (Lipinski definition) is 3. The van der Waals surface area contributed by atoms with Crippen LogP contribution in [-0.4, -0.2) is 24.5 Å². The third-order valence-electron chi connectivity index (χ3n) is 2.29. The van der Waals surface area contributed by atoms with E-state index in [9.17, 15) is 4.79 Å². The van der Waals surface area contributed by atoms with Gasteiger partial charge in [0, 0.05) is 24.8 Å². The molecule has 88 valence electrons. The maximum atomic E-state index is 11.8. The highest BCUT2D eigenvalue weighted by molar-refractivity contribution is 5.94. The lowest BCUT2D eigenvalue weighted by molar-refractivity contribution is 0.0953. The quantitative estimate of drug-likeness (QED) is 0.747. The van der Waals surface area contributed by atoms with Gasteiger partial charge in [-0.15, -0.1) is 0 Å². The van der Waals surface area contributed by atoms with Crippen LogP contribution in [0.2, 0.25) is 0 Å². The minimum absolute atomic E-state index is 0.0320. The molecule has 1 heterocycles. The minimum Gasteiger partial charge on any atom is -0.373 e. The summed E-state index contributed by atoms with van der Waals surface area (Å²) in [4.78, 5) is 16.0. The molecule has 16 heavy (non-hydrogen) atoms. The SMILES string of the molecule is CCCCNC(=O)c1cc(C)nc(NC)c1. The van der Waals surface area contributed by atoms with Crippen LogP contribution in [0.5, 0.6) is 0 Å². The van der Waals surface area contributed by atoms with Crippen LogP contribution in [0, 0.1) is 6.92 Å². The fraction of sp³-hybridized carbons (Fsp3) is 0.500. The van der Waals surface area contributed by atoms with Crippen LogP contribution in [0.15, 0.2) is 12.1 Å². The molecule has 0 saturated heterocycles. The largest absolute Gasteiger partial charge is 0.373 e. The average Bonchev–Trinajstić information content (AvgIpc) is 2.28. The summed E-state index contributed by atoms with van der Waals surface area (Å²) in [7, 11) is 1.79. The lowest BCUT2D eigenvalue weighted by Crippen LogP contribution is -2.24. The molecule has 0 aliphatic heterocycles. The van der Waals surface area contributed by atoms with Gasteiger partial charge in [-0.05, 0) is 25.5 Å². The number of hydrogen-bond donors (Lipinski definition) is 2.